The molecule has 10 nitrogen and oxygen atoms in total. The molecule has 7 amide bonds. The number of rotatable bonds is 4. The topological polar surface area (TPSA) is 105 Å². The standard InChI is InChI=1S/C32H24Cl4N6O4/c1-19-18-39(29(44)37-24-10-2-20(33)3-11-24)32(41(19)30(45)38-25-12-4-21(34)5-13-25)28(43)40(26-14-6-22(35)7-15-26)31(46)42(32)27-16-8-23(36)9-17-27/h2-17,19H,18H2,1H3,(H,37,44)(H,38,45). The van der Waals surface area contributed by atoms with Crippen molar-refractivity contribution in [2.24, 2.45) is 0 Å². The van der Waals surface area contributed by atoms with Crippen LogP contribution >= 0.6 is 46.4 Å². The van der Waals surface area contributed by atoms with Gasteiger partial charge in [-0.15, -0.1) is 0 Å². The van der Waals surface area contributed by atoms with Crippen molar-refractivity contribution < 1.29 is 19.2 Å². The van der Waals surface area contributed by atoms with E-state index in [0.29, 0.717) is 31.5 Å². The third-order valence-corrected chi connectivity index (χ3v) is 8.62. The Morgan fingerprint density at radius 1 is 0.652 bits per heavy atom. The Morgan fingerprint density at radius 3 is 1.54 bits per heavy atom. The van der Waals surface area contributed by atoms with Gasteiger partial charge in [0, 0.05) is 38.0 Å². The van der Waals surface area contributed by atoms with E-state index in [1.54, 1.807) is 67.6 Å². The summed E-state index contributed by atoms with van der Waals surface area (Å²) in [5, 5.41) is 7.25. The zero-order valence-electron chi connectivity index (χ0n) is 24.0. The molecule has 2 saturated heterocycles. The van der Waals surface area contributed by atoms with E-state index in [9.17, 15) is 19.2 Å². The minimum atomic E-state index is -2.31. The van der Waals surface area contributed by atoms with Crippen molar-refractivity contribution in [1.29, 1.82) is 0 Å². The van der Waals surface area contributed by atoms with Crippen LogP contribution in [0.5, 0.6) is 0 Å². The highest BCUT2D eigenvalue weighted by Crippen LogP contribution is 2.46. The largest absolute Gasteiger partial charge is 0.339 e. The van der Waals surface area contributed by atoms with Gasteiger partial charge in [0.15, 0.2) is 0 Å². The molecule has 4 aromatic carbocycles. The average molecular weight is 698 g/mol. The van der Waals surface area contributed by atoms with Crippen LogP contribution in [0.25, 0.3) is 0 Å². The molecule has 2 atom stereocenters. The highest BCUT2D eigenvalue weighted by atomic mass is 35.5. The number of hydrogen-bond donors (Lipinski definition) is 2. The molecule has 2 unspecified atom stereocenters. The maximum absolute atomic E-state index is 15.0. The molecule has 2 fully saturated rings. The van der Waals surface area contributed by atoms with E-state index < -0.39 is 35.8 Å². The van der Waals surface area contributed by atoms with Crippen LogP contribution < -0.4 is 20.4 Å². The maximum Gasteiger partial charge on any atom is 0.339 e. The van der Waals surface area contributed by atoms with Crippen LogP contribution in [0.3, 0.4) is 0 Å². The quantitative estimate of drug-likeness (QED) is 0.209. The molecule has 2 aliphatic heterocycles. The number of carbonyl (C=O) groups is 4. The fourth-order valence-corrected chi connectivity index (χ4v) is 6.13. The van der Waals surface area contributed by atoms with Crippen LogP contribution in [-0.4, -0.2) is 52.2 Å². The highest BCUT2D eigenvalue weighted by molar-refractivity contribution is 6.34. The maximum atomic E-state index is 15.0. The number of carbonyl (C=O) groups excluding carboxylic acids is 4. The molecule has 46 heavy (non-hydrogen) atoms. The first-order valence-electron chi connectivity index (χ1n) is 13.9. The van der Waals surface area contributed by atoms with E-state index in [0.717, 1.165) is 9.80 Å². The zero-order valence-corrected chi connectivity index (χ0v) is 27.0. The van der Waals surface area contributed by atoms with Gasteiger partial charge in [0.25, 0.3) is 5.79 Å². The van der Waals surface area contributed by atoms with E-state index in [1.807, 2.05) is 0 Å². The van der Waals surface area contributed by atoms with Crippen molar-refractivity contribution in [3.8, 4) is 0 Å². The molecule has 2 aliphatic rings. The summed E-state index contributed by atoms with van der Waals surface area (Å²) >= 11 is 24.4. The predicted molar refractivity (Wildman–Crippen MR) is 180 cm³/mol. The first kappa shape index (κ1) is 31.5. The van der Waals surface area contributed by atoms with Crippen LogP contribution in [0, 0.1) is 0 Å². The Hall–Kier alpha value is -4.48. The Bertz CT molecular complexity index is 1820. The van der Waals surface area contributed by atoms with Crippen LogP contribution in [0.1, 0.15) is 6.92 Å². The van der Waals surface area contributed by atoms with E-state index in [1.165, 1.54) is 46.2 Å². The lowest BCUT2D eigenvalue weighted by atomic mass is 10.2. The molecule has 1 spiro atoms. The summed E-state index contributed by atoms with van der Waals surface area (Å²) in [5.74, 6) is -3.17. The third kappa shape index (κ3) is 5.47. The Balaban J connectivity index is 1.54. The summed E-state index contributed by atoms with van der Waals surface area (Å²) in [7, 11) is 0. The van der Waals surface area contributed by atoms with E-state index in [2.05, 4.69) is 10.6 Å². The molecule has 0 saturated carbocycles. The van der Waals surface area contributed by atoms with Gasteiger partial charge in [-0.25, -0.2) is 24.2 Å². The third-order valence-electron chi connectivity index (χ3n) is 7.61. The highest BCUT2D eigenvalue weighted by Gasteiger charge is 2.72. The molecule has 14 heteroatoms. The molecule has 2 heterocycles. The molecule has 0 aliphatic carbocycles. The molecular weight excluding hydrogens is 674 g/mol. The molecular formula is C32H24Cl4N6O4. The number of imide groups is 1. The lowest BCUT2D eigenvalue weighted by Crippen LogP contribution is -2.70. The fraction of sp³-hybridized carbons (Fsp3) is 0.125. The number of halogens is 4. The first-order valence-corrected chi connectivity index (χ1v) is 15.4. The molecule has 4 aromatic rings. The minimum Gasteiger partial charge on any atom is -0.308 e. The van der Waals surface area contributed by atoms with E-state index >= 15 is 0 Å². The van der Waals surface area contributed by atoms with E-state index in [-0.39, 0.29) is 17.9 Å². The van der Waals surface area contributed by atoms with Gasteiger partial charge in [0.1, 0.15) is 0 Å². The lowest BCUT2D eigenvalue weighted by molar-refractivity contribution is -0.130. The van der Waals surface area contributed by atoms with Crippen molar-refractivity contribution in [2.45, 2.75) is 18.8 Å². The summed E-state index contributed by atoms with van der Waals surface area (Å²) in [4.78, 5) is 62.4. The van der Waals surface area contributed by atoms with Crippen LogP contribution in [0.2, 0.25) is 20.1 Å². The number of benzene rings is 4. The summed E-state index contributed by atoms with van der Waals surface area (Å²) in [6.07, 6.45) is 0. The number of nitrogens with one attached hydrogen (secondary N) is 2. The van der Waals surface area contributed by atoms with Crippen molar-refractivity contribution in [3.05, 3.63) is 117 Å². The molecule has 0 aromatic heterocycles. The Kier molecular flexibility index (Phi) is 8.47. The first-order chi connectivity index (χ1) is 22.0. The summed E-state index contributed by atoms with van der Waals surface area (Å²) in [5.41, 5.74) is 1.16. The second-order valence-electron chi connectivity index (χ2n) is 10.6. The van der Waals surface area contributed by atoms with Gasteiger partial charge in [-0.2, -0.15) is 0 Å². The van der Waals surface area contributed by atoms with Crippen molar-refractivity contribution in [2.75, 3.05) is 27.0 Å². The number of hydrogen-bond acceptors (Lipinski definition) is 4. The predicted octanol–water partition coefficient (Wildman–Crippen LogP) is 8.40. The van der Waals surface area contributed by atoms with Crippen LogP contribution in [0.4, 0.5) is 37.1 Å². The number of anilines is 4. The normalized spacial score (nSPS) is 19.3. The summed E-state index contributed by atoms with van der Waals surface area (Å²) < 4.78 is 0. The van der Waals surface area contributed by atoms with Crippen molar-refractivity contribution in [3.63, 3.8) is 0 Å². The SMILES string of the molecule is CC1CN(C(=O)Nc2ccc(Cl)cc2)C2(C(=O)N(c3ccc(Cl)cc3)C(=O)N2c2ccc(Cl)cc2)N1C(=O)Nc1ccc(Cl)cc1. The Morgan fingerprint density at radius 2 is 1.07 bits per heavy atom. The van der Waals surface area contributed by atoms with Crippen molar-refractivity contribution >= 4 is 93.2 Å². The Labute approximate surface area is 284 Å². The fourth-order valence-electron chi connectivity index (χ4n) is 5.63. The monoisotopic (exact) mass is 696 g/mol. The van der Waals surface area contributed by atoms with Gasteiger partial charge in [0.05, 0.1) is 17.4 Å². The molecule has 0 bridgehead atoms. The number of urea groups is 3. The van der Waals surface area contributed by atoms with Gasteiger partial charge in [0.2, 0.25) is 0 Å². The van der Waals surface area contributed by atoms with Crippen molar-refractivity contribution in [1.82, 2.24) is 9.80 Å². The average Bonchev–Trinajstić information content (AvgIpc) is 3.46. The van der Waals surface area contributed by atoms with Crippen LogP contribution in [0.15, 0.2) is 97.1 Å². The second kappa shape index (κ2) is 12.4. The van der Waals surface area contributed by atoms with Gasteiger partial charge >= 0.3 is 24.0 Å². The summed E-state index contributed by atoms with van der Waals surface area (Å²) in [6.45, 7) is 1.56. The summed E-state index contributed by atoms with van der Waals surface area (Å²) in [6, 6.07) is 21.9. The van der Waals surface area contributed by atoms with Gasteiger partial charge in [-0.3, -0.25) is 14.6 Å². The number of amides is 7. The molecule has 6 rings (SSSR count). The minimum absolute atomic E-state index is 0.120. The van der Waals surface area contributed by atoms with Gasteiger partial charge in [-0.05, 0) is 104 Å². The second-order valence-corrected chi connectivity index (χ2v) is 12.3. The van der Waals surface area contributed by atoms with E-state index in [4.69, 9.17) is 46.4 Å². The number of nitrogens with zero attached hydrogens (tertiary/aromatic N) is 4. The lowest BCUT2D eigenvalue weighted by Gasteiger charge is -2.43. The molecule has 0 radical (unpaired) electrons. The smallest absolute Gasteiger partial charge is 0.308 e. The molecule has 2 N–H and O–H groups in total. The van der Waals surface area contributed by atoms with Gasteiger partial charge in [-0.1, -0.05) is 46.4 Å². The zero-order chi connectivity index (χ0) is 32.7. The molecule has 234 valence electrons. The van der Waals surface area contributed by atoms with Crippen LogP contribution in [-0.2, 0) is 4.79 Å². The van der Waals surface area contributed by atoms with Gasteiger partial charge < -0.3 is 10.6 Å².